The number of aromatic nitrogens is 1. The van der Waals surface area contributed by atoms with Crippen molar-refractivity contribution < 1.29 is 4.39 Å². The van der Waals surface area contributed by atoms with Crippen LogP contribution >= 0.6 is 23.2 Å². The second kappa shape index (κ2) is 4.76. The van der Waals surface area contributed by atoms with E-state index < -0.39 is 5.82 Å². The summed E-state index contributed by atoms with van der Waals surface area (Å²) in [5.74, 6) is -0.444. The molecule has 0 aliphatic heterocycles. The lowest BCUT2D eigenvalue weighted by molar-refractivity contribution is 0.628. The van der Waals surface area contributed by atoms with Crippen LogP contribution in [0.25, 0.3) is 0 Å². The van der Waals surface area contributed by atoms with E-state index in [9.17, 15) is 4.39 Å². The molecule has 0 spiro atoms. The van der Waals surface area contributed by atoms with E-state index in [1.54, 1.807) is 0 Å². The summed E-state index contributed by atoms with van der Waals surface area (Å²) < 4.78 is 12.9. The smallest absolute Gasteiger partial charge is 0.126 e. The van der Waals surface area contributed by atoms with Gasteiger partial charge in [-0.3, -0.25) is 0 Å². The summed E-state index contributed by atoms with van der Waals surface area (Å²) in [5, 5.41) is 3.60. The molecule has 0 saturated carbocycles. The highest BCUT2D eigenvalue weighted by Gasteiger charge is 2.08. The fourth-order valence-electron chi connectivity index (χ4n) is 1.37. The highest BCUT2D eigenvalue weighted by Crippen LogP contribution is 2.31. The second-order valence-electron chi connectivity index (χ2n) is 3.29. The average Bonchev–Trinajstić information content (AvgIpc) is 2.68. The number of anilines is 1. The number of hydrogen-bond donors (Lipinski definition) is 2. The maximum atomic E-state index is 12.9. The number of nitrogens with one attached hydrogen (secondary N) is 2. The van der Waals surface area contributed by atoms with Gasteiger partial charge in [-0.25, -0.2) is 4.39 Å². The molecule has 2 aromatic rings. The van der Waals surface area contributed by atoms with E-state index in [4.69, 9.17) is 23.2 Å². The van der Waals surface area contributed by atoms with E-state index in [1.807, 2.05) is 18.3 Å². The van der Waals surface area contributed by atoms with Crippen molar-refractivity contribution in [3.8, 4) is 0 Å². The van der Waals surface area contributed by atoms with E-state index in [-0.39, 0.29) is 10.0 Å². The Bertz CT molecular complexity index is 460. The van der Waals surface area contributed by atoms with Gasteiger partial charge in [0.2, 0.25) is 0 Å². The normalized spacial score (nSPS) is 10.4. The van der Waals surface area contributed by atoms with Crippen molar-refractivity contribution in [1.29, 1.82) is 0 Å². The zero-order valence-electron chi connectivity index (χ0n) is 8.23. The summed E-state index contributed by atoms with van der Waals surface area (Å²) in [7, 11) is 0. The predicted molar refractivity (Wildman–Crippen MR) is 64.5 cm³/mol. The van der Waals surface area contributed by atoms with Crippen LogP contribution in [0.15, 0.2) is 30.5 Å². The predicted octanol–water partition coefficient (Wildman–Crippen LogP) is 4.07. The third-order valence-electron chi connectivity index (χ3n) is 2.12. The minimum Gasteiger partial charge on any atom is -0.377 e. The molecular formula is C11H9Cl2FN2. The summed E-state index contributed by atoms with van der Waals surface area (Å²) in [6.07, 6.45) is 1.82. The van der Waals surface area contributed by atoms with Crippen LogP contribution in [0, 0.1) is 5.82 Å². The van der Waals surface area contributed by atoms with Crippen molar-refractivity contribution in [1.82, 2.24) is 4.98 Å². The number of aromatic amines is 1. The molecule has 0 amide bonds. The first-order valence-corrected chi connectivity index (χ1v) is 5.43. The summed E-state index contributed by atoms with van der Waals surface area (Å²) in [6, 6.07) is 6.28. The van der Waals surface area contributed by atoms with Crippen molar-refractivity contribution in [3.63, 3.8) is 0 Å². The minimum atomic E-state index is -0.444. The van der Waals surface area contributed by atoms with Gasteiger partial charge in [-0.1, -0.05) is 23.2 Å². The molecule has 0 aliphatic rings. The second-order valence-corrected chi connectivity index (χ2v) is 4.11. The van der Waals surface area contributed by atoms with Gasteiger partial charge in [-0.2, -0.15) is 0 Å². The lowest BCUT2D eigenvalue weighted by Gasteiger charge is -2.09. The van der Waals surface area contributed by atoms with Gasteiger partial charge < -0.3 is 10.3 Å². The van der Waals surface area contributed by atoms with Crippen LogP contribution in [-0.4, -0.2) is 4.98 Å². The number of H-pyrrole nitrogens is 1. The zero-order valence-corrected chi connectivity index (χ0v) is 9.74. The molecule has 0 atom stereocenters. The molecule has 0 radical (unpaired) electrons. The molecule has 0 fully saturated rings. The van der Waals surface area contributed by atoms with Crippen molar-refractivity contribution in [3.05, 3.63) is 52.0 Å². The van der Waals surface area contributed by atoms with E-state index in [1.165, 1.54) is 12.1 Å². The lowest BCUT2D eigenvalue weighted by atomic mass is 10.3. The molecule has 1 aromatic carbocycles. The Morgan fingerprint density at radius 2 is 1.94 bits per heavy atom. The van der Waals surface area contributed by atoms with Crippen molar-refractivity contribution >= 4 is 28.9 Å². The van der Waals surface area contributed by atoms with Crippen LogP contribution in [0.4, 0.5) is 10.1 Å². The molecule has 2 rings (SSSR count). The molecular weight excluding hydrogens is 250 g/mol. The Morgan fingerprint density at radius 3 is 2.50 bits per heavy atom. The minimum absolute atomic E-state index is 0.275. The van der Waals surface area contributed by atoms with Crippen LogP contribution < -0.4 is 5.32 Å². The Morgan fingerprint density at radius 1 is 1.25 bits per heavy atom. The Hall–Kier alpha value is -1.19. The van der Waals surface area contributed by atoms with E-state index in [2.05, 4.69) is 10.3 Å². The molecule has 2 nitrogen and oxygen atoms in total. The third-order valence-corrected chi connectivity index (χ3v) is 2.72. The van der Waals surface area contributed by atoms with Gasteiger partial charge >= 0.3 is 0 Å². The van der Waals surface area contributed by atoms with Crippen LogP contribution in [0.1, 0.15) is 5.69 Å². The van der Waals surface area contributed by atoms with Crippen molar-refractivity contribution in [2.24, 2.45) is 0 Å². The molecule has 1 heterocycles. The maximum Gasteiger partial charge on any atom is 0.126 e. The van der Waals surface area contributed by atoms with Crippen LogP contribution in [0.5, 0.6) is 0 Å². The molecule has 84 valence electrons. The first-order chi connectivity index (χ1) is 7.66. The third kappa shape index (κ3) is 2.49. The summed E-state index contributed by atoms with van der Waals surface area (Å²) in [4.78, 5) is 3.03. The monoisotopic (exact) mass is 258 g/mol. The van der Waals surface area contributed by atoms with Crippen molar-refractivity contribution in [2.75, 3.05) is 5.32 Å². The Labute approximate surface area is 102 Å². The maximum absolute atomic E-state index is 12.9. The first kappa shape index (κ1) is 11.3. The van der Waals surface area contributed by atoms with Crippen molar-refractivity contribution in [2.45, 2.75) is 6.54 Å². The molecule has 5 heteroatoms. The average molecular weight is 259 g/mol. The largest absolute Gasteiger partial charge is 0.377 e. The van der Waals surface area contributed by atoms with E-state index >= 15 is 0 Å². The number of benzene rings is 1. The highest BCUT2D eigenvalue weighted by atomic mass is 35.5. The molecule has 0 bridgehead atoms. The first-order valence-electron chi connectivity index (χ1n) is 4.67. The summed E-state index contributed by atoms with van der Waals surface area (Å²) in [5.41, 5.74) is 1.54. The van der Waals surface area contributed by atoms with E-state index in [0.717, 1.165) is 5.69 Å². The molecule has 0 saturated heterocycles. The fraction of sp³-hybridized carbons (Fsp3) is 0.0909. The van der Waals surface area contributed by atoms with Gasteiger partial charge in [0.1, 0.15) is 5.82 Å². The quantitative estimate of drug-likeness (QED) is 0.854. The van der Waals surface area contributed by atoms with Crippen LogP contribution in [0.2, 0.25) is 10.0 Å². The molecule has 16 heavy (non-hydrogen) atoms. The highest BCUT2D eigenvalue weighted by molar-refractivity contribution is 6.39. The molecule has 1 aromatic heterocycles. The summed E-state index contributed by atoms with van der Waals surface area (Å²) >= 11 is 11.8. The molecule has 0 aliphatic carbocycles. The van der Waals surface area contributed by atoms with Crippen LogP contribution in [0.3, 0.4) is 0 Å². The Balaban J connectivity index is 2.15. The fourth-order valence-corrected chi connectivity index (χ4v) is 1.97. The molecule has 2 N–H and O–H groups in total. The Kier molecular flexibility index (Phi) is 3.36. The standard InChI is InChI=1S/C11H9Cl2FN2/c12-9-4-7(14)5-10(13)11(9)16-6-8-2-1-3-15-8/h1-5,15-16H,6H2. The van der Waals surface area contributed by atoms with Gasteiger partial charge in [0.25, 0.3) is 0 Å². The number of rotatable bonds is 3. The van der Waals surface area contributed by atoms with Gasteiger partial charge in [0.15, 0.2) is 0 Å². The SMILES string of the molecule is Fc1cc(Cl)c(NCc2ccc[nH]2)c(Cl)c1. The topological polar surface area (TPSA) is 27.8 Å². The number of halogens is 3. The summed E-state index contributed by atoms with van der Waals surface area (Å²) in [6.45, 7) is 0.554. The van der Waals surface area contributed by atoms with Gasteiger partial charge in [0.05, 0.1) is 22.3 Å². The van der Waals surface area contributed by atoms with Crippen LogP contribution in [-0.2, 0) is 6.54 Å². The molecule has 0 unspecified atom stereocenters. The number of hydrogen-bond acceptors (Lipinski definition) is 1. The van der Waals surface area contributed by atoms with Gasteiger partial charge in [-0.05, 0) is 24.3 Å². The lowest BCUT2D eigenvalue weighted by Crippen LogP contribution is -2.01. The van der Waals surface area contributed by atoms with Gasteiger partial charge in [0, 0.05) is 11.9 Å². The van der Waals surface area contributed by atoms with Gasteiger partial charge in [-0.15, -0.1) is 0 Å². The zero-order chi connectivity index (χ0) is 11.5. The van der Waals surface area contributed by atoms with E-state index in [0.29, 0.717) is 12.2 Å².